The average Bonchev–Trinajstić information content (AvgIpc) is 2.27. The van der Waals surface area contributed by atoms with Gasteiger partial charge in [0.2, 0.25) is 5.91 Å². The van der Waals surface area contributed by atoms with Crippen molar-refractivity contribution in [1.29, 1.82) is 0 Å². The molecule has 18 heavy (non-hydrogen) atoms. The van der Waals surface area contributed by atoms with E-state index in [0.717, 1.165) is 6.26 Å². The van der Waals surface area contributed by atoms with E-state index >= 15 is 0 Å². The average molecular weight is 272 g/mol. The lowest BCUT2D eigenvalue weighted by Gasteiger charge is -2.26. The lowest BCUT2D eigenvalue weighted by molar-refractivity contribution is -0.117. The van der Waals surface area contributed by atoms with E-state index in [1.165, 1.54) is 12.1 Å². The number of hydrogen-bond acceptors (Lipinski definition) is 4. The molecular formula is C11H13FN2O3S. The molecule has 1 aliphatic heterocycles. The van der Waals surface area contributed by atoms with Gasteiger partial charge >= 0.3 is 0 Å². The molecule has 2 rings (SSSR count). The monoisotopic (exact) mass is 272 g/mol. The van der Waals surface area contributed by atoms with E-state index in [-0.39, 0.29) is 17.9 Å². The van der Waals surface area contributed by atoms with Gasteiger partial charge in [0.15, 0.2) is 0 Å². The highest BCUT2D eigenvalue weighted by molar-refractivity contribution is 7.90. The molecule has 1 aromatic carbocycles. The van der Waals surface area contributed by atoms with E-state index in [1.807, 2.05) is 0 Å². The summed E-state index contributed by atoms with van der Waals surface area (Å²) >= 11 is 0. The van der Waals surface area contributed by atoms with Crippen molar-refractivity contribution < 1.29 is 17.6 Å². The number of para-hydroxylation sites is 1. The van der Waals surface area contributed by atoms with E-state index in [4.69, 9.17) is 0 Å². The second-order valence-electron chi connectivity index (χ2n) is 4.27. The van der Waals surface area contributed by atoms with Gasteiger partial charge in [0, 0.05) is 6.26 Å². The molecule has 5 nitrogen and oxygen atoms in total. The number of amides is 1. The van der Waals surface area contributed by atoms with Gasteiger partial charge in [0.1, 0.15) is 27.4 Å². The second-order valence-corrected chi connectivity index (χ2v) is 6.53. The Morgan fingerprint density at radius 2 is 2.11 bits per heavy atom. The van der Waals surface area contributed by atoms with Crippen LogP contribution in [0.2, 0.25) is 0 Å². The zero-order valence-corrected chi connectivity index (χ0v) is 10.6. The molecule has 0 aromatic heterocycles. The molecule has 1 unspecified atom stereocenters. The minimum absolute atomic E-state index is 0.0945. The quantitative estimate of drug-likeness (QED) is 0.860. The number of carbonyl (C=O) groups is 1. The zero-order chi connectivity index (χ0) is 13.3. The third-order valence-electron chi connectivity index (χ3n) is 2.69. The maximum absolute atomic E-state index is 13.4. The fourth-order valence-electron chi connectivity index (χ4n) is 1.77. The smallest absolute Gasteiger partial charge is 0.247 e. The van der Waals surface area contributed by atoms with E-state index in [1.54, 1.807) is 6.07 Å². The fraction of sp³-hybridized carbons (Fsp3) is 0.364. The Balaban J connectivity index is 2.16. The molecule has 0 aliphatic carbocycles. The van der Waals surface area contributed by atoms with Gasteiger partial charge in [-0.2, -0.15) is 0 Å². The van der Waals surface area contributed by atoms with Crippen LogP contribution >= 0.6 is 0 Å². The van der Waals surface area contributed by atoms with Crippen molar-refractivity contribution in [3.8, 4) is 0 Å². The van der Waals surface area contributed by atoms with Crippen molar-refractivity contribution in [2.45, 2.75) is 12.5 Å². The van der Waals surface area contributed by atoms with Gasteiger partial charge < -0.3 is 10.6 Å². The van der Waals surface area contributed by atoms with Gasteiger partial charge in [0.25, 0.3) is 0 Å². The number of anilines is 2. The van der Waals surface area contributed by atoms with Crippen molar-refractivity contribution in [2.75, 3.05) is 22.6 Å². The lowest BCUT2D eigenvalue weighted by Crippen LogP contribution is -2.40. The summed E-state index contributed by atoms with van der Waals surface area (Å²) < 4.78 is 35.5. The number of fused-ring (bicyclic) bond motifs is 1. The summed E-state index contributed by atoms with van der Waals surface area (Å²) in [6.45, 7) is 0. The predicted octanol–water partition coefficient (Wildman–Crippen LogP) is 0.993. The highest BCUT2D eigenvalue weighted by Gasteiger charge is 2.27. The summed E-state index contributed by atoms with van der Waals surface area (Å²) in [5.74, 6) is -1.03. The van der Waals surface area contributed by atoms with Crippen molar-refractivity contribution in [3.63, 3.8) is 0 Å². The molecule has 0 fully saturated rings. The first-order valence-electron chi connectivity index (χ1n) is 5.40. The first-order valence-corrected chi connectivity index (χ1v) is 7.46. The van der Waals surface area contributed by atoms with Crippen LogP contribution in [0.1, 0.15) is 6.42 Å². The minimum atomic E-state index is -3.13. The molecule has 1 aliphatic rings. The zero-order valence-electron chi connectivity index (χ0n) is 9.73. The summed E-state index contributed by atoms with van der Waals surface area (Å²) in [5.41, 5.74) is 0.575. The van der Waals surface area contributed by atoms with Crippen LogP contribution < -0.4 is 10.6 Å². The molecule has 1 atom stereocenters. The van der Waals surface area contributed by atoms with Crippen molar-refractivity contribution in [2.24, 2.45) is 0 Å². The van der Waals surface area contributed by atoms with Gasteiger partial charge in [-0.05, 0) is 18.6 Å². The number of sulfone groups is 1. The number of nitrogens with one attached hydrogen (secondary N) is 2. The summed E-state index contributed by atoms with van der Waals surface area (Å²) in [4.78, 5) is 11.7. The number of benzene rings is 1. The highest BCUT2D eigenvalue weighted by atomic mass is 32.2. The van der Waals surface area contributed by atoms with Crippen LogP contribution in [0.5, 0.6) is 0 Å². The topological polar surface area (TPSA) is 75.3 Å². The predicted molar refractivity (Wildman–Crippen MR) is 66.8 cm³/mol. The molecule has 1 aromatic rings. The Morgan fingerprint density at radius 1 is 1.39 bits per heavy atom. The highest BCUT2D eigenvalue weighted by Crippen LogP contribution is 2.29. The molecule has 0 spiro atoms. The van der Waals surface area contributed by atoms with Gasteiger partial charge in [-0.3, -0.25) is 4.79 Å². The van der Waals surface area contributed by atoms with Crippen LogP contribution in [-0.2, 0) is 14.6 Å². The maximum atomic E-state index is 13.4. The summed E-state index contributed by atoms with van der Waals surface area (Å²) in [5, 5.41) is 5.29. The van der Waals surface area contributed by atoms with E-state index in [9.17, 15) is 17.6 Å². The Kier molecular flexibility index (Phi) is 3.25. The Bertz CT molecular complexity index is 586. The van der Waals surface area contributed by atoms with Gasteiger partial charge in [-0.25, -0.2) is 12.8 Å². The van der Waals surface area contributed by atoms with E-state index in [2.05, 4.69) is 10.6 Å². The van der Waals surface area contributed by atoms with Crippen LogP contribution in [-0.4, -0.2) is 32.4 Å². The minimum Gasteiger partial charge on any atom is -0.372 e. The van der Waals surface area contributed by atoms with Crippen LogP contribution in [0, 0.1) is 5.82 Å². The number of halogens is 1. The van der Waals surface area contributed by atoms with Crippen LogP contribution in [0.3, 0.4) is 0 Å². The fourth-order valence-corrected chi connectivity index (χ4v) is 2.43. The number of hydrogen-bond donors (Lipinski definition) is 2. The molecule has 0 radical (unpaired) electrons. The Labute approximate surface area is 104 Å². The number of carbonyl (C=O) groups excluding carboxylic acids is 1. The van der Waals surface area contributed by atoms with Crippen LogP contribution in [0.4, 0.5) is 15.8 Å². The molecule has 98 valence electrons. The second kappa shape index (κ2) is 4.56. The Hall–Kier alpha value is -1.63. The first kappa shape index (κ1) is 12.8. The van der Waals surface area contributed by atoms with Gasteiger partial charge in [-0.15, -0.1) is 0 Å². The molecule has 0 saturated carbocycles. The molecule has 0 bridgehead atoms. The van der Waals surface area contributed by atoms with Crippen molar-refractivity contribution >= 4 is 27.1 Å². The molecule has 1 heterocycles. The summed E-state index contributed by atoms with van der Waals surface area (Å²) in [6, 6.07) is 3.74. The van der Waals surface area contributed by atoms with E-state index < -0.39 is 27.6 Å². The molecule has 0 saturated heterocycles. The third kappa shape index (κ3) is 2.79. The standard InChI is InChI=1S/C11H13FN2O3S/c1-18(16,17)6-5-9-11(15)14-10-7(12)3-2-4-8(10)13-9/h2-4,9,13H,5-6H2,1H3,(H,14,15). The molecule has 1 amide bonds. The molecule has 7 heteroatoms. The first-order chi connectivity index (χ1) is 8.37. The lowest BCUT2D eigenvalue weighted by atomic mass is 10.1. The number of rotatable bonds is 3. The molecule has 2 N–H and O–H groups in total. The van der Waals surface area contributed by atoms with Gasteiger partial charge in [-0.1, -0.05) is 6.07 Å². The maximum Gasteiger partial charge on any atom is 0.247 e. The van der Waals surface area contributed by atoms with Gasteiger partial charge in [0.05, 0.1) is 11.4 Å². The van der Waals surface area contributed by atoms with Crippen LogP contribution in [0.25, 0.3) is 0 Å². The largest absolute Gasteiger partial charge is 0.372 e. The third-order valence-corrected chi connectivity index (χ3v) is 3.66. The van der Waals surface area contributed by atoms with E-state index in [0.29, 0.717) is 5.69 Å². The summed E-state index contributed by atoms with van der Waals surface area (Å²) in [6.07, 6.45) is 1.27. The summed E-state index contributed by atoms with van der Waals surface area (Å²) in [7, 11) is -3.13. The SMILES string of the molecule is CS(=O)(=O)CCC1Nc2cccc(F)c2NC1=O. The molecular weight excluding hydrogens is 259 g/mol. The van der Waals surface area contributed by atoms with Crippen molar-refractivity contribution in [3.05, 3.63) is 24.0 Å². The Morgan fingerprint density at radius 3 is 2.78 bits per heavy atom. The normalized spacial score (nSPS) is 18.8. The van der Waals surface area contributed by atoms with Crippen molar-refractivity contribution in [1.82, 2.24) is 0 Å². The van der Waals surface area contributed by atoms with Crippen LogP contribution in [0.15, 0.2) is 18.2 Å².